The van der Waals surface area contributed by atoms with Crippen molar-refractivity contribution in [3.63, 3.8) is 0 Å². The van der Waals surface area contributed by atoms with Crippen LogP contribution in [0.5, 0.6) is 5.75 Å². The SMILES string of the molecule is COc1c(Nc2nc(Nc3ccccn3)ncc2C(=O)O)cccc1-c1ncccn1. The molecule has 154 valence electrons. The molecule has 0 saturated heterocycles. The standard InChI is InChI=1S/C21H17N7O3/c1-31-17-13(18-23-10-5-11-24-18)6-4-7-15(17)26-19-14(20(29)30)12-25-21(28-19)27-16-8-2-3-9-22-16/h2-12H,1H3,(H,29,30)(H2,22,25,26,27,28). The summed E-state index contributed by atoms with van der Waals surface area (Å²) in [5.74, 6) is 0.549. The fraction of sp³-hybridized carbons (Fsp3) is 0.0476. The van der Waals surface area contributed by atoms with Crippen molar-refractivity contribution in [1.82, 2.24) is 24.9 Å². The number of nitrogens with zero attached hydrogens (tertiary/aromatic N) is 5. The molecule has 0 amide bonds. The number of rotatable bonds is 7. The van der Waals surface area contributed by atoms with Crippen LogP contribution >= 0.6 is 0 Å². The maximum Gasteiger partial charge on any atom is 0.341 e. The van der Waals surface area contributed by atoms with Crippen LogP contribution in [0.3, 0.4) is 0 Å². The van der Waals surface area contributed by atoms with Gasteiger partial charge in [0.25, 0.3) is 0 Å². The Morgan fingerprint density at radius 2 is 1.74 bits per heavy atom. The molecule has 3 N–H and O–H groups in total. The Morgan fingerprint density at radius 1 is 0.935 bits per heavy atom. The number of aromatic nitrogens is 5. The molecular formula is C21H17N7O3. The Balaban J connectivity index is 1.73. The number of aromatic carboxylic acids is 1. The van der Waals surface area contributed by atoms with E-state index in [0.717, 1.165) is 0 Å². The zero-order chi connectivity index (χ0) is 21.6. The number of ether oxygens (including phenoxy) is 1. The molecule has 0 fully saturated rings. The highest BCUT2D eigenvalue weighted by Crippen LogP contribution is 2.36. The second-order valence-electron chi connectivity index (χ2n) is 6.18. The molecule has 0 unspecified atom stereocenters. The minimum atomic E-state index is -1.17. The van der Waals surface area contributed by atoms with Gasteiger partial charge in [0.2, 0.25) is 5.95 Å². The van der Waals surface area contributed by atoms with E-state index >= 15 is 0 Å². The first-order chi connectivity index (χ1) is 15.2. The van der Waals surface area contributed by atoms with E-state index in [2.05, 4.69) is 35.6 Å². The van der Waals surface area contributed by atoms with Gasteiger partial charge in [0.1, 0.15) is 11.4 Å². The van der Waals surface area contributed by atoms with E-state index < -0.39 is 5.97 Å². The first-order valence-corrected chi connectivity index (χ1v) is 9.15. The van der Waals surface area contributed by atoms with Crippen LogP contribution < -0.4 is 15.4 Å². The van der Waals surface area contributed by atoms with Crippen molar-refractivity contribution >= 4 is 29.2 Å². The Kier molecular flexibility index (Phi) is 5.61. The smallest absolute Gasteiger partial charge is 0.341 e. The summed E-state index contributed by atoms with van der Waals surface area (Å²) < 4.78 is 5.57. The van der Waals surface area contributed by atoms with Gasteiger partial charge in [-0.2, -0.15) is 4.98 Å². The molecule has 4 rings (SSSR count). The lowest BCUT2D eigenvalue weighted by Gasteiger charge is -2.15. The van der Waals surface area contributed by atoms with Gasteiger partial charge in [-0.05, 0) is 30.3 Å². The van der Waals surface area contributed by atoms with E-state index in [1.807, 2.05) is 12.1 Å². The normalized spacial score (nSPS) is 10.4. The number of hydrogen-bond donors (Lipinski definition) is 3. The van der Waals surface area contributed by atoms with E-state index in [4.69, 9.17) is 4.74 Å². The van der Waals surface area contributed by atoms with Crippen LogP contribution in [0, 0.1) is 0 Å². The summed E-state index contributed by atoms with van der Waals surface area (Å²) in [6.45, 7) is 0. The van der Waals surface area contributed by atoms with E-state index in [1.54, 1.807) is 48.9 Å². The van der Waals surface area contributed by atoms with E-state index in [0.29, 0.717) is 28.6 Å². The van der Waals surface area contributed by atoms with Gasteiger partial charge in [0.15, 0.2) is 17.4 Å². The number of anilines is 4. The van der Waals surface area contributed by atoms with Gasteiger partial charge in [0.05, 0.1) is 18.4 Å². The Bertz CT molecular complexity index is 1200. The maximum absolute atomic E-state index is 11.7. The average molecular weight is 415 g/mol. The number of carboxylic acids is 1. The molecule has 0 saturated carbocycles. The van der Waals surface area contributed by atoms with Crippen molar-refractivity contribution in [3.8, 4) is 17.1 Å². The summed E-state index contributed by atoms with van der Waals surface area (Å²) in [4.78, 5) is 32.8. The summed E-state index contributed by atoms with van der Waals surface area (Å²) in [6.07, 6.45) is 6.10. The summed E-state index contributed by atoms with van der Waals surface area (Å²) in [7, 11) is 1.51. The van der Waals surface area contributed by atoms with Crippen molar-refractivity contribution in [2.45, 2.75) is 0 Å². The third-order valence-electron chi connectivity index (χ3n) is 4.20. The molecular weight excluding hydrogens is 398 g/mol. The third kappa shape index (κ3) is 4.37. The molecule has 31 heavy (non-hydrogen) atoms. The van der Waals surface area contributed by atoms with E-state index in [9.17, 15) is 9.90 Å². The van der Waals surface area contributed by atoms with Crippen LogP contribution in [-0.2, 0) is 0 Å². The molecule has 0 spiro atoms. The summed E-state index contributed by atoms with van der Waals surface area (Å²) >= 11 is 0. The van der Waals surface area contributed by atoms with Crippen LogP contribution in [0.2, 0.25) is 0 Å². The first-order valence-electron chi connectivity index (χ1n) is 9.15. The molecule has 4 aromatic rings. The lowest BCUT2D eigenvalue weighted by Crippen LogP contribution is -2.09. The fourth-order valence-electron chi connectivity index (χ4n) is 2.84. The number of methoxy groups -OCH3 is 1. The number of hydrogen-bond acceptors (Lipinski definition) is 9. The van der Waals surface area contributed by atoms with E-state index in [1.165, 1.54) is 13.3 Å². The minimum absolute atomic E-state index is 0.0883. The number of carbonyl (C=O) groups is 1. The topological polar surface area (TPSA) is 135 Å². The highest BCUT2D eigenvalue weighted by molar-refractivity contribution is 5.94. The van der Waals surface area contributed by atoms with Gasteiger partial charge in [-0.1, -0.05) is 12.1 Å². The quantitative estimate of drug-likeness (QED) is 0.411. The predicted octanol–water partition coefficient (Wildman–Crippen LogP) is 3.52. The molecule has 0 aliphatic rings. The first kappa shape index (κ1) is 19.7. The predicted molar refractivity (Wildman–Crippen MR) is 114 cm³/mol. The van der Waals surface area contributed by atoms with Gasteiger partial charge in [0, 0.05) is 24.8 Å². The molecule has 0 aliphatic heterocycles. The van der Waals surface area contributed by atoms with Crippen LogP contribution in [0.1, 0.15) is 10.4 Å². The zero-order valence-corrected chi connectivity index (χ0v) is 16.4. The van der Waals surface area contributed by atoms with Crippen LogP contribution in [0.4, 0.5) is 23.3 Å². The Hall–Kier alpha value is -4.60. The highest BCUT2D eigenvalue weighted by Gasteiger charge is 2.18. The number of para-hydroxylation sites is 1. The van der Waals surface area contributed by atoms with Gasteiger partial charge >= 0.3 is 5.97 Å². The molecule has 10 heteroatoms. The molecule has 1 aromatic carbocycles. The molecule has 0 atom stereocenters. The Labute approximate surface area is 177 Å². The van der Waals surface area contributed by atoms with Gasteiger partial charge < -0.3 is 20.5 Å². The number of benzene rings is 1. The molecule has 10 nitrogen and oxygen atoms in total. The molecule has 3 heterocycles. The second-order valence-corrected chi connectivity index (χ2v) is 6.18. The molecule has 3 aromatic heterocycles. The van der Waals surface area contributed by atoms with Crippen LogP contribution in [0.25, 0.3) is 11.4 Å². The lowest BCUT2D eigenvalue weighted by molar-refractivity contribution is 0.0697. The summed E-state index contributed by atoms with van der Waals surface area (Å²) in [5.41, 5.74) is 1.04. The lowest BCUT2D eigenvalue weighted by atomic mass is 10.1. The average Bonchev–Trinajstić information content (AvgIpc) is 2.80. The van der Waals surface area contributed by atoms with Crippen LogP contribution in [-0.4, -0.2) is 43.1 Å². The number of pyridine rings is 1. The Morgan fingerprint density at radius 3 is 2.45 bits per heavy atom. The van der Waals surface area contributed by atoms with Crippen LogP contribution in [0.15, 0.2) is 67.3 Å². The fourth-order valence-corrected chi connectivity index (χ4v) is 2.84. The van der Waals surface area contributed by atoms with Crippen molar-refractivity contribution in [2.75, 3.05) is 17.7 Å². The van der Waals surface area contributed by atoms with Crippen molar-refractivity contribution in [2.24, 2.45) is 0 Å². The van der Waals surface area contributed by atoms with Gasteiger partial charge in [-0.25, -0.2) is 24.7 Å². The number of carboxylic acid groups (broad SMARTS) is 1. The molecule has 0 aliphatic carbocycles. The highest BCUT2D eigenvalue weighted by atomic mass is 16.5. The van der Waals surface area contributed by atoms with Crippen molar-refractivity contribution in [1.29, 1.82) is 0 Å². The number of nitrogens with one attached hydrogen (secondary N) is 2. The largest absolute Gasteiger partial charge is 0.494 e. The third-order valence-corrected chi connectivity index (χ3v) is 4.20. The van der Waals surface area contributed by atoms with Gasteiger partial charge in [-0.15, -0.1) is 0 Å². The molecule has 0 radical (unpaired) electrons. The minimum Gasteiger partial charge on any atom is -0.494 e. The molecule has 0 bridgehead atoms. The van der Waals surface area contributed by atoms with E-state index in [-0.39, 0.29) is 17.3 Å². The van der Waals surface area contributed by atoms with Crippen molar-refractivity contribution in [3.05, 3.63) is 72.8 Å². The summed E-state index contributed by atoms with van der Waals surface area (Å²) in [5, 5.41) is 15.6. The monoisotopic (exact) mass is 415 g/mol. The second kappa shape index (κ2) is 8.82. The zero-order valence-electron chi connectivity index (χ0n) is 16.4. The van der Waals surface area contributed by atoms with Crippen molar-refractivity contribution < 1.29 is 14.6 Å². The summed E-state index contributed by atoms with van der Waals surface area (Å²) in [6, 6.07) is 12.4. The van der Waals surface area contributed by atoms with Gasteiger partial charge in [-0.3, -0.25) is 0 Å². The maximum atomic E-state index is 11.7.